The minimum absolute atomic E-state index is 0.311. The van der Waals surface area contributed by atoms with E-state index in [9.17, 15) is 4.79 Å². The molecule has 0 amide bonds. The average molecular weight is 257 g/mol. The van der Waals surface area contributed by atoms with Crippen molar-refractivity contribution in [2.24, 2.45) is 5.92 Å². The first-order valence-corrected chi connectivity index (χ1v) is 6.42. The molecule has 0 aliphatic heterocycles. The lowest BCUT2D eigenvalue weighted by atomic mass is 9.90. The highest BCUT2D eigenvalue weighted by atomic mass is 16.4. The largest absolute Gasteiger partial charge is 0.481 e. The van der Waals surface area contributed by atoms with Gasteiger partial charge in [0, 0.05) is 6.42 Å². The second-order valence-electron chi connectivity index (χ2n) is 4.90. The number of hydrogen-bond donors (Lipinski definition) is 1. The molecule has 1 N–H and O–H groups in total. The van der Waals surface area contributed by atoms with Gasteiger partial charge in [0.05, 0.1) is 23.9 Å². The van der Waals surface area contributed by atoms with Gasteiger partial charge in [0.25, 0.3) is 0 Å². The number of fused-ring (bicyclic) bond motifs is 1. The summed E-state index contributed by atoms with van der Waals surface area (Å²) in [6.45, 7) is 0.695. The zero-order valence-corrected chi connectivity index (χ0v) is 10.5. The zero-order valence-electron chi connectivity index (χ0n) is 10.5. The highest BCUT2D eigenvalue weighted by Crippen LogP contribution is 2.24. The van der Waals surface area contributed by atoms with Gasteiger partial charge in [-0.2, -0.15) is 0 Å². The molecule has 5 nitrogen and oxygen atoms in total. The zero-order chi connectivity index (χ0) is 13.2. The van der Waals surface area contributed by atoms with Crippen LogP contribution in [0.15, 0.2) is 30.3 Å². The lowest BCUT2D eigenvalue weighted by Crippen LogP contribution is -2.23. The van der Waals surface area contributed by atoms with E-state index < -0.39 is 5.97 Å². The van der Waals surface area contributed by atoms with Gasteiger partial charge >= 0.3 is 5.97 Å². The Hall–Kier alpha value is -2.17. The first-order valence-electron chi connectivity index (χ1n) is 6.42. The quantitative estimate of drug-likeness (QED) is 0.905. The summed E-state index contributed by atoms with van der Waals surface area (Å²) in [7, 11) is 0. The third-order valence-electron chi connectivity index (χ3n) is 3.61. The van der Waals surface area contributed by atoms with E-state index in [0.717, 1.165) is 17.8 Å². The van der Waals surface area contributed by atoms with Crippen LogP contribution in [0.2, 0.25) is 0 Å². The summed E-state index contributed by atoms with van der Waals surface area (Å²) in [6.07, 6.45) is 1.91. The van der Waals surface area contributed by atoms with E-state index in [1.54, 1.807) is 0 Å². The van der Waals surface area contributed by atoms with Gasteiger partial charge in [0.1, 0.15) is 0 Å². The van der Waals surface area contributed by atoms with Gasteiger partial charge in [-0.15, -0.1) is 5.10 Å². The molecule has 19 heavy (non-hydrogen) atoms. The van der Waals surface area contributed by atoms with Crippen molar-refractivity contribution < 1.29 is 9.90 Å². The van der Waals surface area contributed by atoms with Crippen LogP contribution in [0.5, 0.6) is 0 Å². The topological polar surface area (TPSA) is 68.0 Å². The normalized spacial score (nSPS) is 18.0. The molecule has 98 valence electrons. The summed E-state index contributed by atoms with van der Waals surface area (Å²) < 4.78 is 1.89. The number of benzene rings is 1. The van der Waals surface area contributed by atoms with Crippen molar-refractivity contribution in [2.75, 3.05) is 0 Å². The number of carbonyl (C=O) groups is 1. The Morgan fingerprint density at radius 1 is 1.37 bits per heavy atom. The Balaban J connectivity index is 1.81. The molecule has 0 radical (unpaired) electrons. The monoisotopic (exact) mass is 257 g/mol. The van der Waals surface area contributed by atoms with E-state index in [2.05, 4.69) is 22.4 Å². The maximum atomic E-state index is 11.0. The van der Waals surface area contributed by atoms with Gasteiger partial charge in [-0.05, 0) is 18.4 Å². The highest BCUT2D eigenvalue weighted by molar-refractivity contribution is 5.70. The first kappa shape index (κ1) is 11.9. The van der Waals surface area contributed by atoms with Gasteiger partial charge in [-0.3, -0.25) is 4.79 Å². The first-order chi connectivity index (χ1) is 9.24. The van der Waals surface area contributed by atoms with Gasteiger partial charge in [0.15, 0.2) is 0 Å². The third-order valence-corrected chi connectivity index (χ3v) is 3.61. The van der Waals surface area contributed by atoms with Crippen molar-refractivity contribution in [1.82, 2.24) is 15.0 Å². The maximum absolute atomic E-state index is 11.0. The molecule has 1 aliphatic carbocycles. The molecule has 1 aliphatic rings. The highest BCUT2D eigenvalue weighted by Gasteiger charge is 2.28. The predicted octanol–water partition coefficient (Wildman–Crippen LogP) is 1.52. The lowest BCUT2D eigenvalue weighted by Gasteiger charge is -2.18. The van der Waals surface area contributed by atoms with E-state index in [1.807, 2.05) is 22.9 Å². The molecule has 0 spiro atoms. The second-order valence-corrected chi connectivity index (χ2v) is 4.90. The molecule has 2 aromatic rings. The molecule has 3 rings (SSSR count). The number of aromatic nitrogens is 3. The maximum Gasteiger partial charge on any atom is 0.306 e. The van der Waals surface area contributed by atoms with Crippen molar-refractivity contribution in [3.63, 3.8) is 0 Å². The summed E-state index contributed by atoms with van der Waals surface area (Å²) in [4.78, 5) is 11.0. The van der Waals surface area contributed by atoms with Crippen LogP contribution in [0.4, 0.5) is 0 Å². The van der Waals surface area contributed by atoms with Crippen molar-refractivity contribution in [3.8, 4) is 0 Å². The van der Waals surface area contributed by atoms with E-state index in [-0.39, 0.29) is 5.92 Å². The molecule has 1 aromatic heterocycles. The SMILES string of the molecule is O=C(O)C1CCc2c(nnn2Cc2ccccc2)C1. The summed E-state index contributed by atoms with van der Waals surface area (Å²) in [6, 6.07) is 10.1. The van der Waals surface area contributed by atoms with Crippen LogP contribution in [-0.4, -0.2) is 26.1 Å². The van der Waals surface area contributed by atoms with Gasteiger partial charge in [0.2, 0.25) is 0 Å². The molecular weight excluding hydrogens is 242 g/mol. The van der Waals surface area contributed by atoms with Crippen LogP contribution in [0.1, 0.15) is 23.4 Å². The van der Waals surface area contributed by atoms with Crippen LogP contribution in [0.25, 0.3) is 0 Å². The van der Waals surface area contributed by atoms with Crippen LogP contribution >= 0.6 is 0 Å². The van der Waals surface area contributed by atoms with Gasteiger partial charge < -0.3 is 5.11 Å². The fourth-order valence-electron chi connectivity index (χ4n) is 2.54. The van der Waals surface area contributed by atoms with Crippen LogP contribution in [0.3, 0.4) is 0 Å². The third kappa shape index (κ3) is 2.36. The molecule has 1 aromatic carbocycles. The van der Waals surface area contributed by atoms with Crippen molar-refractivity contribution in [3.05, 3.63) is 47.3 Å². The van der Waals surface area contributed by atoms with Crippen molar-refractivity contribution in [1.29, 1.82) is 0 Å². The van der Waals surface area contributed by atoms with Crippen LogP contribution < -0.4 is 0 Å². The van der Waals surface area contributed by atoms with E-state index in [4.69, 9.17) is 5.11 Å². The van der Waals surface area contributed by atoms with Gasteiger partial charge in [-0.25, -0.2) is 4.68 Å². The molecular formula is C14H15N3O2. The van der Waals surface area contributed by atoms with E-state index in [0.29, 0.717) is 19.4 Å². The number of aliphatic carboxylic acids is 1. The predicted molar refractivity (Wildman–Crippen MR) is 68.7 cm³/mol. The Bertz CT molecular complexity index is 592. The Morgan fingerprint density at radius 2 is 2.16 bits per heavy atom. The summed E-state index contributed by atoms with van der Waals surface area (Å²) in [5.74, 6) is -1.04. The second kappa shape index (κ2) is 4.84. The summed E-state index contributed by atoms with van der Waals surface area (Å²) >= 11 is 0. The number of hydrogen-bond acceptors (Lipinski definition) is 3. The summed E-state index contributed by atoms with van der Waals surface area (Å²) in [5, 5.41) is 17.3. The molecule has 0 fully saturated rings. The Morgan fingerprint density at radius 3 is 2.89 bits per heavy atom. The molecule has 5 heteroatoms. The van der Waals surface area contributed by atoms with E-state index >= 15 is 0 Å². The van der Waals surface area contributed by atoms with E-state index in [1.165, 1.54) is 5.56 Å². The van der Waals surface area contributed by atoms with Crippen LogP contribution in [0, 0.1) is 5.92 Å². The fourth-order valence-corrected chi connectivity index (χ4v) is 2.54. The lowest BCUT2D eigenvalue weighted by molar-refractivity contribution is -0.142. The minimum atomic E-state index is -0.733. The van der Waals surface area contributed by atoms with Crippen molar-refractivity contribution in [2.45, 2.75) is 25.8 Å². The Kier molecular flexibility index (Phi) is 3.03. The fraction of sp³-hybridized carbons (Fsp3) is 0.357. The minimum Gasteiger partial charge on any atom is -0.481 e. The number of rotatable bonds is 3. The average Bonchev–Trinajstić information content (AvgIpc) is 2.82. The number of carboxylic acids is 1. The molecule has 0 saturated carbocycles. The number of carboxylic acid groups (broad SMARTS) is 1. The molecule has 0 bridgehead atoms. The smallest absolute Gasteiger partial charge is 0.306 e. The number of nitrogens with zero attached hydrogens (tertiary/aromatic N) is 3. The molecule has 1 atom stereocenters. The van der Waals surface area contributed by atoms with Crippen molar-refractivity contribution >= 4 is 5.97 Å². The molecule has 1 heterocycles. The molecule has 0 saturated heterocycles. The van der Waals surface area contributed by atoms with Crippen LogP contribution in [-0.2, 0) is 24.2 Å². The summed E-state index contributed by atoms with van der Waals surface area (Å²) in [5.41, 5.74) is 3.10. The Labute approximate surface area is 110 Å². The standard InChI is InChI=1S/C14H15N3O2/c18-14(19)11-6-7-13-12(8-11)15-16-17(13)9-10-4-2-1-3-5-10/h1-5,11H,6-9H2,(H,18,19). The van der Waals surface area contributed by atoms with Gasteiger partial charge in [-0.1, -0.05) is 35.5 Å². The molecule has 1 unspecified atom stereocenters.